The Hall–Kier alpha value is -1.55. The third-order valence-corrected chi connectivity index (χ3v) is 4.63. The molecule has 27 heavy (non-hydrogen) atoms. The monoisotopic (exact) mass is 380 g/mol. The highest BCUT2D eigenvalue weighted by molar-refractivity contribution is 5.87. The van der Waals surface area contributed by atoms with Gasteiger partial charge in [-0.05, 0) is 30.7 Å². The van der Waals surface area contributed by atoms with Gasteiger partial charge in [0, 0.05) is 6.61 Å². The van der Waals surface area contributed by atoms with Gasteiger partial charge in [0.15, 0.2) is 0 Å². The van der Waals surface area contributed by atoms with E-state index in [4.69, 9.17) is 15.3 Å². The molecule has 0 saturated heterocycles. The van der Waals surface area contributed by atoms with E-state index in [9.17, 15) is 4.79 Å². The second kappa shape index (κ2) is 19.2. The number of phenols is 1. The summed E-state index contributed by atoms with van der Waals surface area (Å²) in [6, 6.07) is 5.36. The summed E-state index contributed by atoms with van der Waals surface area (Å²) in [5.74, 6) is -0.912. The number of aromatic carboxylic acids is 1. The smallest absolute Gasteiger partial charge is 0.335 e. The van der Waals surface area contributed by atoms with Crippen molar-refractivity contribution >= 4 is 5.97 Å². The molecular formula is C23H40O4. The van der Waals surface area contributed by atoms with Crippen molar-refractivity contribution in [3.05, 3.63) is 29.8 Å². The number of aliphatic hydroxyl groups excluding tert-OH is 1. The highest BCUT2D eigenvalue weighted by Crippen LogP contribution is 2.12. The lowest BCUT2D eigenvalue weighted by atomic mass is 10.0. The first-order valence-corrected chi connectivity index (χ1v) is 10.7. The van der Waals surface area contributed by atoms with E-state index in [1.54, 1.807) is 0 Å². The lowest BCUT2D eigenvalue weighted by molar-refractivity contribution is 0.0697. The maximum absolute atomic E-state index is 10.2. The molecule has 4 nitrogen and oxygen atoms in total. The number of hydrogen-bond donors (Lipinski definition) is 3. The molecule has 3 N–H and O–H groups in total. The minimum Gasteiger partial charge on any atom is -0.508 e. The van der Waals surface area contributed by atoms with Crippen LogP contribution in [0, 0.1) is 0 Å². The summed E-state index contributed by atoms with van der Waals surface area (Å²) in [7, 11) is 0. The zero-order valence-electron chi connectivity index (χ0n) is 17.2. The molecule has 1 rings (SSSR count). The number of carboxylic acids is 1. The van der Waals surface area contributed by atoms with Crippen molar-refractivity contribution in [2.75, 3.05) is 6.61 Å². The normalized spacial score (nSPS) is 10.3. The minimum absolute atomic E-state index is 0.0741. The zero-order chi connectivity index (χ0) is 20.2. The van der Waals surface area contributed by atoms with E-state index in [0.717, 1.165) is 6.42 Å². The van der Waals surface area contributed by atoms with Gasteiger partial charge >= 0.3 is 5.97 Å². The molecule has 0 atom stereocenters. The fraction of sp³-hybridized carbons (Fsp3) is 0.696. The van der Waals surface area contributed by atoms with E-state index in [1.807, 2.05) is 0 Å². The van der Waals surface area contributed by atoms with Gasteiger partial charge in [-0.1, -0.05) is 90.4 Å². The summed E-state index contributed by atoms with van der Waals surface area (Å²) in [6.07, 6.45) is 19.2. The number of unbranched alkanes of at least 4 members (excludes halogenated alkanes) is 13. The Morgan fingerprint density at radius 3 is 1.41 bits per heavy atom. The number of phenolic OH excluding ortho intramolecular Hbond substituents is 1. The minimum atomic E-state index is -0.986. The molecule has 1 aromatic rings. The van der Waals surface area contributed by atoms with Gasteiger partial charge in [-0.25, -0.2) is 4.79 Å². The number of rotatable bonds is 15. The predicted molar refractivity (Wildman–Crippen MR) is 112 cm³/mol. The number of hydrogen-bond acceptors (Lipinski definition) is 3. The highest BCUT2D eigenvalue weighted by atomic mass is 16.4. The first-order valence-electron chi connectivity index (χ1n) is 10.7. The molecule has 156 valence electrons. The SMILES string of the molecule is CCCCCCCCCCCCCCCCO.O=C(O)c1ccc(O)cc1. The third-order valence-electron chi connectivity index (χ3n) is 4.63. The van der Waals surface area contributed by atoms with Crippen LogP contribution in [-0.4, -0.2) is 27.9 Å². The van der Waals surface area contributed by atoms with Gasteiger partial charge in [0.1, 0.15) is 5.75 Å². The molecule has 0 fully saturated rings. The van der Waals surface area contributed by atoms with Crippen LogP contribution in [0.15, 0.2) is 24.3 Å². The van der Waals surface area contributed by atoms with Crippen molar-refractivity contribution in [1.82, 2.24) is 0 Å². The van der Waals surface area contributed by atoms with Gasteiger partial charge < -0.3 is 15.3 Å². The summed E-state index contributed by atoms with van der Waals surface area (Å²) in [6.45, 7) is 2.65. The van der Waals surface area contributed by atoms with E-state index in [2.05, 4.69) is 6.92 Å². The van der Waals surface area contributed by atoms with Crippen LogP contribution in [0.5, 0.6) is 5.75 Å². The summed E-state index contributed by atoms with van der Waals surface area (Å²) in [5.41, 5.74) is 0.179. The van der Waals surface area contributed by atoms with Gasteiger partial charge in [0.05, 0.1) is 5.56 Å². The van der Waals surface area contributed by atoms with Crippen molar-refractivity contribution in [2.24, 2.45) is 0 Å². The van der Waals surface area contributed by atoms with Crippen LogP contribution in [0.3, 0.4) is 0 Å². The van der Waals surface area contributed by atoms with Crippen molar-refractivity contribution in [1.29, 1.82) is 0 Å². The number of aliphatic hydroxyl groups is 1. The Kier molecular flexibility index (Phi) is 18.1. The van der Waals surface area contributed by atoms with Crippen molar-refractivity contribution in [2.45, 2.75) is 96.8 Å². The van der Waals surface area contributed by atoms with E-state index in [-0.39, 0.29) is 11.3 Å². The predicted octanol–water partition coefficient (Wildman–Crippen LogP) is 6.55. The second-order valence-electron chi connectivity index (χ2n) is 7.17. The maximum atomic E-state index is 10.2. The number of benzene rings is 1. The molecule has 0 aliphatic heterocycles. The Morgan fingerprint density at radius 2 is 1.07 bits per heavy atom. The molecule has 0 unspecified atom stereocenters. The van der Waals surface area contributed by atoms with Crippen molar-refractivity contribution < 1.29 is 20.1 Å². The van der Waals surface area contributed by atoms with Gasteiger partial charge in [-0.15, -0.1) is 0 Å². The fourth-order valence-electron chi connectivity index (χ4n) is 2.91. The molecule has 0 radical (unpaired) electrons. The van der Waals surface area contributed by atoms with Crippen LogP contribution in [0.1, 0.15) is 107 Å². The van der Waals surface area contributed by atoms with E-state index < -0.39 is 5.97 Å². The molecular weight excluding hydrogens is 340 g/mol. The summed E-state index contributed by atoms with van der Waals surface area (Å²) < 4.78 is 0. The quantitative estimate of drug-likeness (QED) is 0.301. The van der Waals surface area contributed by atoms with Crippen LogP contribution in [0.25, 0.3) is 0 Å². The largest absolute Gasteiger partial charge is 0.508 e. The highest BCUT2D eigenvalue weighted by Gasteiger charge is 1.99. The lowest BCUT2D eigenvalue weighted by Crippen LogP contribution is -1.93. The molecule has 0 bridgehead atoms. The van der Waals surface area contributed by atoms with E-state index >= 15 is 0 Å². The van der Waals surface area contributed by atoms with Crippen molar-refractivity contribution in [3.8, 4) is 5.75 Å². The van der Waals surface area contributed by atoms with E-state index in [1.165, 1.54) is 108 Å². The lowest BCUT2D eigenvalue weighted by Gasteiger charge is -2.02. The molecule has 0 heterocycles. The summed E-state index contributed by atoms with van der Waals surface area (Å²) in [5, 5.41) is 25.8. The number of carboxylic acid groups (broad SMARTS) is 1. The zero-order valence-corrected chi connectivity index (χ0v) is 17.2. The van der Waals surface area contributed by atoms with Crippen LogP contribution in [-0.2, 0) is 0 Å². The van der Waals surface area contributed by atoms with Crippen LogP contribution >= 0.6 is 0 Å². The first kappa shape index (κ1) is 25.4. The molecule has 0 aliphatic rings. The summed E-state index contributed by atoms with van der Waals surface area (Å²) in [4.78, 5) is 10.2. The molecule has 1 aromatic carbocycles. The van der Waals surface area contributed by atoms with Gasteiger partial charge in [-0.2, -0.15) is 0 Å². The Morgan fingerprint density at radius 1 is 0.704 bits per heavy atom. The maximum Gasteiger partial charge on any atom is 0.335 e. The Labute approximate surface area is 165 Å². The topological polar surface area (TPSA) is 77.8 Å². The number of aromatic hydroxyl groups is 1. The van der Waals surface area contributed by atoms with E-state index in [0.29, 0.717) is 6.61 Å². The Balaban J connectivity index is 0.000000569. The third kappa shape index (κ3) is 17.6. The van der Waals surface area contributed by atoms with Crippen molar-refractivity contribution in [3.63, 3.8) is 0 Å². The second-order valence-corrected chi connectivity index (χ2v) is 7.17. The summed E-state index contributed by atoms with van der Waals surface area (Å²) >= 11 is 0. The van der Waals surface area contributed by atoms with Gasteiger partial charge in [0.2, 0.25) is 0 Å². The standard InChI is InChI=1S/C16H34O.C7H6O3/c1-2-3-4-5-6-7-8-9-10-11-12-13-14-15-16-17;8-6-3-1-5(2-4-6)7(9)10/h17H,2-16H2,1H3;1-4,8H,(H,9,10). The molecule has 0 amide bonds. The fourth-order valence-corrected chi connectivity index (χ4v) is 2.91. The van der Waals surface area contributed by atoms with Crippen LogP contribution in [0.2, 0.25) is 0 Å². The molecule has 0 spiro atoms. The van der Waals surface area contributed by atoms with Gasteiger partial charge in [-0.3, -0.25) is 0 Å². The Bertz CT molecular complexity index is 428. The molecule has 0 aliphatic carbocycles. The van der Waals surface area contributed by atoms with Crippen LogP contribution < -0.4 is 0 Å². The molecule has 4 heteroatoms. The average Bonchev–Trinajstić information content (AvgIpc) is 2.66. The number of carbonyl (C=O) groups is 1. The molecule has 0 saturated carbocycles. The first-order chi connectivity index (χ1) is 13.1. The van der Waals surface area contributed by atoms with Crippen LogP contribution in [0.4, 0.5) is 0 Å². The molecule has 0 aromatic heterocycles. The average molecular weight is 381 g/mol. The van der Waals surface area contributed by atoms with Gasteiger partial charge in [0.25, 0.3) is 0 Å².